The van der Waals surface area contributed by atoms with Gasteiger partial charge in [-0.1, -0.05) is 25.0 Å². The van der Waals surface area contributed by atoms with E-state index >= 15 is 0 Å². The van der Waals surface area contributed by atoms with Gasteiger partial charge >= 0.3 is 0 Å². The van der Waals surface area contributed by atoms with E-state index in [2.05, 4.69) is 25.9 Å². The average molecular weight is 287 g/mol. The van der Waals surface area contributed by atoms with Crippen molar-refractivity contribution in [3.05, 3.63) is 29.8 Å². The number of H-pyrrole nitrogens is 1. The summed E-state index contributed by atoms with van der Waals surface area (Å²) in [6, 6.07) is 7.00. The van der Waals surface area contributed by atoms with Gasteiger partial charge in [-0.05, 0) is 30.2 Å². The summed E-state index contributed by atoms with van der Waals surface area (Å²) in [4.78, 5) is 12.3. The summed E-state index contributed by atoms with van der Waals surface area (Å²) in [5.74, 6) is 0.329. The molecule has 0 aliphatic heterocycles. The van der Waals surface area contributed by atoms with E-state index in [0.29, 0.717) is 11.4 Å². The maximum atomic E-state index is 12.3. The Morgan fingerprint density at radius 1 is 1.29 bits per heavy atom. The molecule has 1 aliphatic rings. The van der Waals surface area contributed by atoms with Crippen LogP contribution in [-0.2, 0) is 0 Å². The second kappa shape index (κ2) is 5.61. The summed E-state index contributed by atoms with van der Waals surface area (Å²) in [6.07, 6.45) is 3.74. The van der Waals surface area contributed by atoms with E-state index in [0.717, 1.165) is 31.2 Å². The Morgan fingerprint density at radius 3 is 2.57 bits per heavy atom. The van der Waals surface area contributed by atoms with Crippen molar-refractivity contribution in [2.45, 2.75) is 31.2 Å². The third kappa shape index (κ3) is 2.78. The largest absolute Gasteiger partial charge is 0.394 e. The third-order valence-electron chi connectivity index (χ3n) is 3.99. The molecule has 3 N–H and O–H groups in total. The van der Waals surface area contributed by atoms with Gasteiger partial charge in [0.05, 0.1) is 12.1 Å². The van der Waals surface area contributed by atoms with E-state index in [1.807, 2.05) is 0 Å². The number of aliphatic hydroxyl groups is 1. The molecule has 2 aromatic rings. The standard InChI is InChI=1S/C14H17N5O2/c20-9-14(7-1-2-8-14)15-13(21)11-5-3-10(4-6-11)12-16-18-19-17-12/h3-6,20H,1-2,7-9H2,(H,15,21)(H,16,17,18,19). The zero-order valence-corrected chi connectivity index (χ0v) is 11.5. The van der Waals surface area contributed by atoms with Crippen molar-refractivity contribution in [3.8, 4) is 11.4 Å². The van der Waals surface area contributed by atoms with Crippen LogP contribution in [0.25, 0.3) is 11.4 Å². The summed E-state index contributed by atoms with van der Waals surface area (Å²) in [7, 11) is 0. The Kier molecular flexibility index (Phi) is 3.66. The van der Waals surface area contributed by atoms with Crippen molar-refractivity contribution in [1.82, 2.24) is 25.9 Å². The fraction of sp³-hybridized carbons (Fsp3) is 0.429. The number of rotatable bonds is 4. The minimum absolute atomic E-state index is 0.0142. The number of amides is 1. The van der Waals surface area contributed by atoms with Gasteiger partial charge in [0, 0.05) is 11.1 Å². The maximum absolute atomic E-state index is 12.3. The topological polar surface area (TPSA) is 104 Å². The number of aliphatic hydroxyl groups excluding tert-OH is 1. The van der Waals surface area contributed by atoms with Crippen molar-refractivity contribution in [2.75, 3.05) is 6.61 Å². The van der Waals surface area contributed by atoms with E-state index in [9.17, 15) is 9.90 Å². The SMILES string of the molecule is O=C(NC1(CO)CCCC1)c1ccc(-c2nn[nH]n2)cc1. The van der Waals surface area contributed by atoms with Gasteiger partial charge in [0.1, 0.15) is 0 Å². The predicted octanol–water partition coefficient (Wildman–Crippen LogP) is 0.902. The molecule has 0 spiro atoms. The first-order valence-electron chi connectivity index (χ1n) is 7.00. The van der Waals surface area contributed by atoms with Crippen molar-refractivity contribution < 1.29 is 9.90 Å². The summed E-state index contributed by atoms with van der Waals surface area (Å²) in [5, 5.41) is 26.2. The summed E-state index contributed by atoms with van der Waals surface area (Å²) in [5.41, 5.74) is 0.892. The van der Waals surface area contributed by atoms with Gasteiger partial charge < -0.3 is 10.4 Å². The zero-order valence-electron chi connectivity index (χ0n) is 11.5. The fourth-order valence-electron chi connectivity index (χ4n) is 2.74. The van der Waals surface area contributed by atoms with Gasteiger partial charge in [0.2, 0.25) is 5.82 Å². The molecule has 0 radical (unpaired) electrons. The van der Waals surface area contributed by atoms with Crippen LogP contribution in [0.5, 0.6) is 0 Å². The Bertz CT molecular complexity index is 603. The zero-order chi connectivity index (χ0) is 14.7. The number of carbonyl (C=O) groups excluding carboxylic acids is 1. The maximum Gasteiger partial charge on any atom is 0.251 e. The smallest absolute Gasteiger partial charge is 0.251 e. The van der Waals surface area contributed by atoms with E-state index in [1.165, 1.54) is 0 Å². The molecule has 7 heteroatoms. The van der Waals surface area contributed by atoms with Gasteiger partial charge in [-0.2, -0.15) is 5.21 Å². The molecule has 0 bridgehead atoms. The van der Waals surface area contributed by atoms with Crippen LogP contribution >= 0.6 is 0 Å². The normalized spacial score (nSPS) is 16.8. The van der Waals surface area contributed by atoms with Crippen LogP contribution in [0.2, 0.25) is 0 Å². The van der Waals surface area contributed by atoms with Gasteiger partial charge in [0.15, 0.2) is 0 Å². The van der Waals surface area contributed by atoms with E-state index in [4.69, 9.17) is 0 Å². The molecule has 0 unspecified atom stereocenters. The highest BCUT2D eigenvalue weighted by molar-refractivity contribution is 5.95. The lowest BCUT2D eigenvalue weighted by atomic mass is 9.98. The fourth-order valence-corrected chi connectivity index (χ4v) is 2.74. The van der Waals surface area contributed by atoms with E-state index in [-0.39, 0.29) is 12.5 Å². The van der Waals surface area contributed by atoms with Crippen LogP contribution < -0.4 is 5.32 Å². The average Bonchev–Trinajstić information content (AvgIpc) is 3.19. The van der Waals surface area contributed by atoms with Crippen molar-refractivity contribution >= 4 is 5.91 Å². The highest BCUT2D eigenvalue weighted by Gasteiger charge is 2.34. The molecule has 0 saturated heterocycles. The molecule has 1 fully saturated rings. The molecule has 3 rings (SSSR count). The minimum Gasteiger partial charge on any atom is -0.394 e. The second-order valence-electron chi connectivity index (χ2n) is 5.41. The van der Waals surface area contributed by atoms with Crippen molar-refractivity contribution in [1.29, 1.82) is 0 Å². The van der Waals surface area contributed by atoms with Crippen LogP contribution in [0.15, 0.2) is 24.3 Å². The Labute approximate surface area is 121 Å². The van der Waals surface area contributed by atoms with Crippen LogP contribution in [0, 0.1) is 0 Å². The number of aromatic nitrogens is 4. The van der Waals surface area contributed by atoms with Crippen LogP contribution in [0.1, 0.15) is 36.0 Å². The van der Waals surface area contributed by atoms with Crippen LogP contribution in [0.3, 0.4) is 0 Å². The lowest BCUT2D eigenvalue weighted by molar-refractivity contribution is 0.0838. The first kappa shape index (κ1) is 13.7. The quantitative estimate of drug-likeness (QED) is 0.775. The van der Waals surface area contributed by atoms with E-state index < -0.39 is 5.54 Å². The number of nitrogens with zero attached hydrogens (tertiary/aromatic N) is 3. The number of tetrazole rings is 1. The lowest BCUT2D eigenvalue weighted by Gasteiger charge is -2.28. The van der Waals surface area contributed by atoms with Crippen LogP contribution in [-0.4, -0.2) is 43.8 Å². The molecule has 7 nitrogen and oxygen atoms in total. The number of hydrogen-bond acceptors (Lipinski definition) is 5. The first-order chi connectivity index (χ1) is 10.2. The number of aromatic amines is 1. The molecular formula is C14H17N5O2. The highest BCUT2D eigenvalue weighted by Crippen LogP contribution is 2.29. The Morgan fingerprint density at radius 2 is 2.00 bits per heavy atom. The lowest BCUT2D eigenvalue weighted by Crippen LogP contribution is -2.49. The Hall–Kier alpha value is -2.28. The van der Waals surface area contributed by atoms with Gasteiger partial charge in [-0.15, -0.1) is 10.2 Å². The molecule has 0 atom stereocenters. The third-order valence-corrected chi connectivity index (χ3v) is 3.99. The molecule has 1 aliphatic carbocycles. The van der Waals surface area contributed by atoms with Crippen LogP contribution in [0.4, 0.5) is 0 Å². The molecular weight excluding hydrogens is 270 g/mol. The molecule has 1 aromatic heterocycles. The minimum atomic E-state index is -0.455. The summed E-state index contributed by atoms with van der Waals surface area (Å²) < 4.78 is 0. The molecule has 1 heterocycles. The molecule has 1 aromatic carbocycles. The molecule has 110 valence electrons. The van der Waals surface area contributed by atoms with E-state index in [1.54, 1.807) is 24.3 Å². The van der Waals surface area contributed by atoms with Crippen molar-refractivity contribution in [3.63, 3.8) is 0 Å². The molecule has 1 saturated carbocycles. The first-order valence-corrected chi connectivity index (χ1v) is 7.00. The summed E-state index contributed by atoms with van der Waals surface area (Å²) >= 11 is 0. The molecule has 1 amide bonds. The number of carbonyl (C=O) groups is 1. The monoisotopic (exact) mass is 287 g/mol. The van der Waals surface area contributed by atoms with Gasteiger partial charge in [-0.3, -0.25) is 4.79 Å². The number of hydrogen-bond donors (Lipinski definition) is 3. The summed E-state index contributed by atoms with van der Waals surface area (Å²) in [6.45, 7) is -0.0142. The van der Waals surface area contributed by atoms with Crippen molar-refractivity contribution in [2.24, 2.45) is 0 Å². The Balaban J connectivity index is 1.73. The molecule has 21 heavy (non-hydrogen) atoms. The van der Waals surface area contributed by atoms with Gasteiger partial charge in [0.25, 0.3) is 5.91 Å². The predicted molar refractivity (Wildman–Crippen MR) is 75.4 cm³/mol. The van der Waals surface area contributed by atoms with Gasteiger partial charge in [-0.25, -0.2) is 0 Å². The number of nitrogens with one attached hydrogen (secondary N) is 2. The second-order valence-corrected chi connectivity index (χ2v) is 5.41. The number of benzene rings is 1. The highest BCUT2D eigenvalue weighted by atomic mass is 16.3.